The first kappa shape index (κ1) is 15.7. The molecule has 1 aromatic rings. The minimum atomic E-state index is -0.180. The van der Waals surface area contributed by atoms with E-state index in [-0.39, 0.29) is 11.5 Å². The van der Waals surface area contributed by atoms with Crippen LogP contribution in [0.1, 0.15) is 23.2 Å². The first-order valence-corrected chi connectivity index (χ1v) is 8.54. The van der Waals surface area contributed by atoms with Gasteiger partial charge in [0, 0.05) is 20.3 Å². The molecule has 1 spiro atoms. The van der Waals surface area contributed by atoms with E-state index in [2.05, 4.69) is 0 Å². The van der Waals surface area contributed by atoms with Crippen molar-refractivity contribution in [1.82, 2.24) is 4.90 Å². The molecular weight excluding hydrogens is 310 g/mol. The van der Waals surface area contributed by atoms with E-state index < -0.39 is 0 Å². The second-order valence-corrected chi connectivity index (χ2v) is 6.67. The van der Waals surface area contributed by atoms with Gasteiger partial charge in [0.15, 0.2) is 11.5 Å². The summed E-state index contributed by atoms with van der Waals surface area (Å²) in [7, 11) is 1.72. The summed E-state index contributed by atoms with van der Waals surface area (Å²) in [5.41, 5.74) is 0.397. The van der Waals surface area contributed by atoms with Crippen LogP contribution in [0.15, 0.2) is 18.2 Å². The molecule has 24 heavy (non-hydrogen) atoms. The Bertz CT molecular complexity index is 626. The highest BCUT2D eigenvalue weighted by Gasteiger charge is 2.54. The number of fused-ring (bicyclic) bond motifs is 1. The van der Waals surface area contributed by atoms with Crippen molar-refractivity contribution < 1.29 is 23.7 Å². The normalized spacial score (nSPS) is 24.0. The predicted octanol–water partition coefficient (Wildman–Crippen LogP) is 1.73. The molecular formula is C18H23NO5. The lowest BCUT2D eigenvalue weighted by molar-refractivity contribution is -0.120. The first-order valence-electron chi connectivity index (χ1n) is 8.54. The molecule has 0 aromatic heterocycles. The molecule has 2 fully saturated rings. The molecule has 130 valence electrons. The number of ether oxygens (including phenoxy) is 4. The summed E-state index contributed by atoms with van der Waals surface area (Å²) >= 11 is 0. The standard InChI is InChI=1S/C18H23NO5/c1-21-7-5-13-6-8-24-18(13)11-19(12-18)17(20)14-3-2-4-15-16(14)23-10-9-22-15/h2-4,13H,5-12H2,1H3/t13-/m0/s1. The van der Waals surface area contributed by atoms with Gasteiger partial charge < -0.3 is 23.8 Å². The number of para-hydroxylation sites is 1. The maximum Gasteiger partial charge on any atom is 0.257 e. The van der Waals surface area contributed by atoms with Crippen LogP contribution in [0.4, 0.5) is 0 Å². The molecule has 3 aliphatic heterocycles. The first-order chi connectivity index (χ1) is 11.7. The Kier molecular flexibility index (Phi) is 4.10. The lowest BCUT2D eigenvalue weighted by Crippen LogP contribution is -2.66. The van der Waals surface area contributed by atoms with Gasteiger partial charge in [-0.3, -0.25) is 4.79 Å². The van der Waals surface area contributed by atoms with E-state index in [1.54, 1.807) is 13.2 Å². The molecule has 3 aliphatic rings. The summed E-state index contributed by atoms with van der Waals surface area (Å²) in [6.45, 7) is 3.79. The van der Waals surface area contributed by atoms with Crippen molar-refractivity contribution in [2.24, 2.45) is 5.92 Å². The number of methoxy groups -OCH3 is 1. The molecule has 0 unspecified atom stereocenters. The summed E-state index contributed by atoms with van der Waals surface area (Å²) in [5.74, 6) is 1.67. The van der Waals surface area contributed by atoms with Crippen LogP contribution >= 0.6 is 0 Å². The Balaban J connectivity index is 1.46. The molecule has 0 N–H and O–H groups in total. The molecule has 2 saturated heterocycles. The fourth-order valence-electron chi connectivity index (χ4n) is 3.96. The number of likely N-dealkylation sites (tertiary alicyclic amines) is 1. The van der Waals surface area contributed by atoms with Gasteiger partial charge in [-0.2, -0.15) is 0 Å². The number of carbonyl (C=O) groups is 1. The number of carbonyl (C=O) groups excluding carboxylic acids is 1. The van der Waals surface area contributed by atoms with Gasteiger partial charge in [0.1, 0.15) is 18.8 Å². The number of hydrogen-bond donors (Lipinski definition) is 0. The third-order valence-electron chi connectivity index (χ3n) is 5.27. The number of benzene rings is 1. The zero-order valence-electron chi connectivity index (χ0n) is 14.0. The SMILES string of the molecule is COCC[C@H]1CCOC12CN(C(=O)c1cccc3c1OCCO3)C2. The van der Waals surface area contributed by atoms with E-state index in [9.17, 15) is 4.79 Å². The number of nitrogens with zero attached hydrogens (tertiary/aromatic N) is 1. The minimum absolute atomic E-state index is 0.0102. The molecule has 0 aliphatic carbocycles. The van der Waals surface area contributed by atoms with E-state index in [1.807, 2.05) is 17.0 Å². The number of amides is 1. The highest BCUT2D eigenvalue weighted by Crippen LogP contribution is 2.43. The van der Waals surface area contributed by atoms with Gasteiger partial charge in [0.25, 0.3) is 5.91 Å². The van der Waals surface area contributed by atoms with Crippen molar-refractivity contribution >= 4 is 5.91 Å². The molecule has 1 amide bonds. The zero-order chi connectivity index (χ0) is 16.6. The monoisotopic (exact) mass is 333 g/mol. The molecule has 0 bridgehead atoms. The van der Waals surface area contributed by atoms with Crippen LogP contribution in [0, 0.1) is 5.92 Å². The third-order valence-corrected chi connectivity index (χ3v) is 5.27. The van der Waals surface area contributed by atoms with Crippen molar-refractivity contribution in [3.8, 4) is 11.5 Å². The van der Waals surface area contributed by atoms with E-state index in [0.717, 1.165) is 26.1 Å². The molecule has 0 saturated carbocycles. The Morgan fingerprint density at radius 2 is 2.12 bits per heavy atom. The molecule has 0 radical (unpaired) electrons. The van der Waals surface area contributed by atoms with E-state index >= 15 is 0 Å². The summed E-state index contributed by atoms with van der Waals surface area (Å²) in [4.78, 5) is 14.7. The van der Waals surface area contributed by atoms with Crippen LogP contribution in [0.3, 0.4) is 0 Å². The highest BCUT2D eigenvalue weighted by atomic mass is 16.6. The van der Waals surface area contributed by atoms with Crippen molar-refractivity contribution in [2.75, 3.05) is 46.6 Å². The molecule has 6 heteroatoms. The van der Waals surface area contributed by atoms with Crippen molar-refractivity contribution in [2.45, 2.75) is 18.4 Å². The summed E-state index contributed by atoms with van der Waals surface area (Å²) in [6.07, 6.45) is 2.03. The summed E-state index contributed by atoms with van der Waals surface area (Å²) < 4.78 is 22.4. The van der Waals surface area contributed by atoms with E-state index in [0.29, 0.717) is 49.3 Å². The second-order valence-electron chi connectivity index (χ2n) is 6.67. The van der Waals surface area contributed by atoms with Gasteiger partial charge in [-0.1, -0.05) is 6.07 Å². The smallest absolute Gasteiger partial charge is 0.257 e. The highest BCUT2D eigenvalue weighted by molar-refractivity contribution is 5.98. The van der Waals surface area contributed by atoms with Crippen LogP contribution in [-0.4, -0.2) is 63.0 Å². The average Bonchev–Trinajstić information content (AvgIpc) is 3.01. The van der Waals surface area contributed by atoms with Crippen LogP contribution < -0.4 is 9.47 Å². The van der Waals surface area contributed by atoms with Crippen LogP contribution in [-0.2, 0) is 9.47 Å². The van der Waals surface area contributed by atoms with Crippen LogP contribution in [0.5, 0.6) is 11.5 Å². The topological polar surface area (TPSA) is 57.2 Å². The van der Waals surface area contributed by atoms with E-state index in [4.69, 9.17) is 18.9 Å². The molecule has 6 nitrogen and oxygen atoms in total. The van der Waals surface area contributed by atoms with Crippen molar-refractivity contribution in [3.05, 3.63) is 23.8 Å². The van der Waals surface area contributed by atoms with Crippen molar-refractivity contribution in [1.29, 1.82) is 0 Å². The zero-order valence-corrected chi connectivity index (χ0v) is 14.0. The minimum Gasteiger partial charge on any atom is -0.486 e. The summed E-state index contributed by atoms with van der Waals surface area (Å²) in [5, 5.41) is 0. The second kappa shape index (κ2) is 6.26. The Hall–Kier alpha value is -1.79. The Morgan fingerprint density at radius 3 is 2.96 bits per heavy atom. The maximum atomic E-state index is 12.9. The Morgan fingerprint density at radius 1 is 1.29 bits per heavy atom. The van der Waals surface area contributed by atoms with Crippen molar-refractivity contribution in [3.63, 3.8) is 0 Å². The summed E-state index contributed by atoms with van der Waals surface area (Å²) in [6, 6.07) is 5.48. The lowest BCUT2D eigenvalue weighted by Gasteiger charge is -2.50. The fourth-order valence-corrected chi connectivity index (χ4v) is 3.96. The van der Waals surface area contributed by atoms with Crippen LogP contribution in [0.2, 0.25) is 0 Å². The lowest BCUT2D eigenvalue weighted by atomic mass is 9.79. The van der Waals surface area contributed by atoms with Gasteiger partial charge in [-0.25, -0.2) is 0 Å². The molecule has 1 aromatic carbocycles. The molecule has 4 rings (SSSR count). The predicted molar refractivity (Wildman–Crippen MR) is 86.6 cm³/mol. The Labute approximate surface area is 141 Å². The fraction of sp³-hybridized carbons (Fsp3) is 0.611. The largest absolute Gasteiger partial charge is 0.486 e. The van der Waals surface area contributed by atoms with Gasteiger partial charge >= 0.3 is 0 Å². The molecule has 3 heterocycles. The van der Waals surface area contributed by atoms with Crippen LogP contribution in [0.25, 0.3) is 0 Å². The van der Waals surface area contributed by atoms with Gasteiger partial charge in [0.05, 0.1) is 18.7 Å². The maximum absolute atomic E-state index is 12.9. The number of hydrogen-bond acceptors (Lipinski definition) is 5. The van der Waals surface area contributed by atoms with Gasteiger partial charge in [0.2, 0.25) is 0 Å². The third kappa shape index (κ3) is 2.54. The number of rotatable bonds is 4. The van der Waals surface area contributed by atoms with Gasteiger partial charge in [-0.05, 0) is 30.9 Å². The average molecular weight is 333 g/mol. The van der Waals surface area contributed by atoms with E-state index in [1.165, 1.54) is 0 Å². The van der Waals surface area contributed by atoms with Gasteiger partial charge in [-0.15, -0.1) is 0 Å². The molecule has 1 atom stereocenters. The quantitative estimate of drug-likeness (QED) is 0.840.